The third-order valence-corrected chi connectivity index (χ3v) is 4.25. The van der Waals surface area contributed by atoms with Gasteiger partial charge in [-0.15, -0.1) is 11.3 Å². The van der Waals surface area contributed by atoms with E-state index >= 15 is 0 Å². The Balaban J connectivity index is 2.19. The normalized spacial score (nSPS) is 13.0. The molecule has 0 aromatic carbocycles. The molecule has 3 aromatic rings. The lowest BCUT2D eigenvalue weighted by Gasteiger charge is -2.15. The number of aromatic nitrogens is 4. The van der Waals surface area contributed by atoms with Gasteiger partial charge < -0.3 is 0 Å². The van der Waals surface area contributed by atoms with Crippen molar-refractivity contribution >= 4 is 21.6 Å². The number of nitrogens with zero attached hydrogens (tertiary/aromatic N) is 3. The maximum atomic E-state index is 12.4. The highest BCUT2D eigenvalue weighted by Crippen LogP contribution is 2.23. The van der Waals surface area contributed by atoms with Crippen LogP contribution in [-0.4, -0.2) is 19.7 Å². The summed E-state index contributed by atoms with van der Waals surface area (Å²) in [6, 6.07) is 1.75. The molecular weight excluding hydrogens is 260 g/mol. The molecule has 0 saturated carbocycles. The molecule has 0 aliphatic heterocycles. The van der Waals surface area contributed by atoms with E-state index in [1.54, 1.807) is 10.9 Å². The van der Waals surface area contributed by atoms with Crippen LogP contribution in [0.15, 0.2) is 22.6 Å². The summed E-state index contributed by atoms with van der Waals surface area (Å²) in [5, 5.41) is 9.71. The summed E-state index contributed by atoms with van der Waals surface area (Å²) in [4.78, 5) is 17.6. The summed E-state index contributed by atoms with van der Waals surface area (Å²) in [7, 11) is 0. The van der Waals surface area contributed by atoms with E-state index < -0.39 is 0 Å². The first-order valence-electron chi connectivity index (χ1n) is 6.05. The molecule has 1 atom stereocenters. The SMILES string of the molecule is Cc1n[nH]c(C)c1[C@H](C)n1cnc2sccc2c1=O. The maximum Gasteiger partial charge on any atom is 0.262 e. The zero-order valence-corrected chi connectivity index (χ0v) is 11.8. The van der Waals surface area contributed by atoms with Crippen LogP contribution >= 0.6 is 11.3 Å². The fraction of sp³-hybridized carbons (Fsp3) is 0.308. The number of H-pyrrole nitrogens is 1. The molecule has 5 nitrogen and oxygen atoms in total. The molecule has 1 N–H and O–H groups in total. The van der Waals surface area contributed by atoms with Gasteiger partial charge in [0, 0.05) is 11.3 Å². The fourth-order valence-corrected chi connectivity index (χ4v) is 3.18. The minimum absolute atomic E-state index is 0.00116. The van der Waals surface area contributed by atoms with E-state index in [2.05, 4.69) is 15.2 Å². The monoisotopic (exact) mass is 274 g/mol. The van der Waals surface area contributed by atoms with Gasteiger partial charge in [-0.05, 0) is 32.2 Å². The Kier molecular flexibility index (Phi) is 2.74. The zero-order chi connectivity index (χ0) is 13.6. The van der Waals surface area contributed by atoms with Gasteiger partial charge in [-0.25, -0.2) is 4.98 Å². The van der Waals surface area contributed by atoms with E-state index in [1.165, 1.54) is 11.3 Å². The first-order chi connectivity index (χ1) is 9.09. The van der Waals surface area contributed by atoms with Crippen LogP contribution in [0.4, 0.5) is 0 Å². The Morgan fingerprint density at radius 3 is 2.89 bits per heavy atom. The molecule has 19 heavy (non-hydrogen) atoms. The lowest BCUT2D eigenvalue weighted by atomic mass is 10.1. The standard InChI is InChI=1S/C13H14N4OS/c1-7-11(8(2)16-15-7)9(3)17-6-14-12-10(13(17)18)4-5-19-12/h4-6,9H,1-3H3,(H,15,16)/t9-/m0/s1. The Morgan fingerprint density at radius 2 is 2.21 bits per heavy atom. The minimum Gasteiger partial charge on any atom is -0.291 e. The average molecular weight is 274 g/mol. The van der Waals surface area contributed by atoms with Crippen LogP contribution in [0.5, 0.6) is 0 Å². The lowest BCUT2D eigenvalue weighted by molar-refractivity contribution is 0.603. The van der Waals surface area contributed by atoms with Gasteiger partial charge in [0.15, 0.2) is 0 Å². The molecule has 0 saturated heterocycles. The molecule has 6 heteroatoms. The molecule has 0 unspecified atom stereocenters. The van der Waals surface area contributed by atoms with E-state index in [9.17, 15) is 4.79 Å². The fourth-order valence-electron chi connectivity index (χ4n) is 2.46. The third-order valence-electron chi connectivity index (χ3n) is 3.43. The molecule has 98 valence electrons. The number of hydrogen-bond donors (Lipinski definition) is 1. The molecule has 0 aliphatic rings. The van der Waals surface area contributed by atoms with Gasteiger partial charge in [0.1, 0.15) is 4.83 Å². The Hall–Kier alpha value is -1.95. The van der Waals surface area contributed by atoms with Gasteiger partial charge in [0.25, 0.3) is 5.56 Å². The Morgan fingerprint density at radius 1 is 1.42 bits per heavy atom. The average Bonchev–Trinajstić information content (AvgIpc) is 2.97. The minimum atomic E-state index is -0.0805. The predicted octanol–water partition coefficient (Wildman–Crippen LogP) is 2.41. The highest BCUT2D eigenvalue weighted by Gasteiger charge is 2.18. The van der Waals surface area contributed by atoms with Gasteiger partial charge in [0.2, 0.25) is 0 Å². The van der Waals surface area contributed by atoms with Crippen molar-refractivity contribution in [1.29, 1.82) is 0 Å². The second-order valence-corrected chi connectivity index (χ2v) is 5.51. The molecule has 0 amide bonds. The highest BCUT2D eigenvalue weighted by molar-refractivity contribution is 7.16. The summed E-state index contributed by atoms with van der Waals surface area (Å²) >= 11 is 1.48. The van der Waals surface area contributed by atoms with Crippen LogP contribution in [0.3, 0.4) is 0 Å². The molecule has 3 heterocycles. The first-order valence-corrected chi connectivity index (χ1v) is 6.93. The van der Waals surface area contributed by atoms with Crippen LogP contribution < -0.4 is 5.56 Å². The highest BCUT2D eigenvalue weighted by atomic mass is 32.1. The van der Waals surface area contributed by atoms with Crippen molar-refractivity contribution in [2.45, 2.75) is 26.8 Å². The largest absolute Gasteiger partial charge is 0.291 e. The molecule has 0 fully saturated rings. The van der Waals surface area contributed by atoms with Gasteiger partial charge in [-0.2, -0.15) is 5.10 Å². The second-order valence-electron chi connectivity index (χ2n) is 4.62. The van der Waals surface area contributed by atoms with Crippen LogP contribution in [-0.2, 0) is 0 Å². The van der Waals surface area contributed by atoms with Crippen molar-refractivity contribution in [3.8, 4) is 0 Å². The third kappa shape index (κ3) is 1.79. The van der Waals surface area contributed by atoms with Crippen LogP contribution in [0, 0.1) is 13.8 Å². The van der Waals surface area contributed by atoms with Crippen LogP contribution in [0.2, 0.25) is 0 Å². The Bertz CT molecular complexity index is 779. The quantitative estimate of drug-likeness (QED) is 0.780. The van der Waals surface area contributed by atoms with Crippen molar-refractivity contribution in [3.05, 3.63) is 45.1 Å². The Labute approximate surface area is 113 Å². The van der Waals surface area contributed by atoms with Crippen LogP contribution in [0.25, 0.3) is 10.2 Å². The first kappa shape index (κ1) is 12.1. The summed E-state index contributed by atoms with van der Waals surface area (Å²) in [6.45, 7) is 5.90. The van der Waals surface area contributed by atoms with Crippen molar-refractivity contribution in [1.82, 2.24) is 19.7 Å². The number of rotatable bonds is 2. The number of aryl methyl sites for hydroxylation is 2. The second kappa shape index (κ2) is 4.31. The number of fused-ring (bicyclic) bond motifs is 1. The maximum absolute atomic E-state index is 12.4. The summed E-state index contributed by atoms with van der Waals surface area (Å²) in [6.07, 6.45) is 1.62. The van der Waals surface area contributed by atoms with Gasteiger partial charge >= 0.3 is 0 Å². The smallest absolute Gasteiger partial charge is 0.262 e. The van der Waals surface area contributed by atoms with E-state index in [0.29, 0.717) is 5.39 Å². The lowest BCUT2D eigenvalue weighted by Crippen LogP contribution is -2.24. The summed E-state index contributed by atoms with van der Waals surface area (Å²) in [5.41, 5.74) is 2.96. The number of aromatic amines is 1. The molecule has 0 bridgehead atoms. The van der Waals surface area contributed by atoms with E-state index in [0.717, 1.165) is 21.8 Å². The zero-order valence-electron chi connectivity index (χ0n) is 11.0. The van der Waals surface area contributed by atoms with E-state index in [4.69, 9.17) is 0 Å². The summed E-state index contributed by atoms with van der Waals surface area (Å²) < 4.78 is 1.67. The van der Waals surface area contributed by atoms with E-state index in [1.807, 2.05) is 32.2 Å². The van der Waals surface area contributed by atoms with Crippen LogP contribution in [0.1, 0.15) is 29.9 Å². The van der Waals surface area contributed by atoms with Crippen molar-refractivity contribution < 1.29 is 0 Å². The van der Waals surface area contributed by atoms with Crippen molar-refractivity contribution in [3.63, 3.8) is 0 Å². The predicted molar refractivity (Wildman–Crippen MR) is 75.8 cm³/mol. The van der Waals surface area contributed by atoms with Gasteiger partial charge in [0.05, 0.1) is 23.4 Å². The number of nitrogens with one attached hydrogen (secondary N) is 1. The van der Waals surface area contributed by atoms with Gasteiger partial charge in [-0.1, -0.05) is 0 Å². The summed E-state index contributed by atoms with van der Waals surface area (Å²) in [5.74, 6) is 0. The van der Waals surface area contributed by atoms with E-state index in [-0.39, 0.29) is 11.6 Å². The molecular formula is C13H14N4OS. The molecule has 0 aliphatic carbocycles. The molecule has 0 radical (unpaired) electrons. The van der Waals surface area contributed by atoms with Crippen molar-refractivity contribution in [2.24, 2.45) is 0 Å². The van der Waals surface area contributed by atoms with Crippen molar-refractivity contribution in [2.75, 3.05) is 0 Å². The number of thiophene rings is 1. The topological polar surface area (TPSA) is 63.6 Å². The van der Waals surface area contributed by atoms with Gasteiger partial charge in [-0.3, -0.25) is 14.5 Å². The number of hydrogen-bond acceptors (Lipinski definition) is 4. The molecule has 0 spiro atoms. The molecule has 3 aromatic heterocycles. The molecule has 3 rings (SSSR count).